The minimum atomic E-state index is 0.985. The first-order valence-corrected chi connectivity index (χ1v) is 7.67. The summed E-state index contributed by atoms with van der Waals surface area (Å²) in [5.41, 5.74) is 2.01. The second kappa shape index (κ2) is 5.42. The lowest BCUT2D eigenvalue weighted by Gasteiger charge is -1.96. The average Bonchev–Trinajstić information content (AvgIpc) is 2.89. The molecule has 18 heavy (non-hydrogen) atoms. The van der Waals surface area contributed by atoms with Gasteiger partial charge in [0.05, 0.1) is 11.4 Å². The number of hydrogen-bond donors (Lipinski definition) is 0. The molecule has 0 spiro atoms. The number of pyridine rings is 2. The first kappa shape index (κ1) is 11.6. The van der Waals surface area contributed by atoms with Crippen LogP contribution in [0.25, 0.3) is 11.0 Å². The maximum Gasteiger partial charge on any atom is 0.0774 e. The Labute approximate surface area is 114 Å². The second-order valence-corrected chi connectivity index (χ2v) is 5.94. The van der Waals surface area contributed by atoms with E-state index < -0.39 is 0 Å². The van der Waals surface area contributed by atoms with Crippen LogP contribution in [0.2, 0.25) is 0 Å². The average molecular weight is 270 g/mol. The standard InChI is InChI=1S/C14H10N2S2/c1-3-7-15-11(5-1)9-12-10-14(18-17-12)13-6-2-4-8-16-13/h1-10H/b12-9-. The summed E-state index contributed by atoms with van der Waals surface area (Å²) in [6.45, 7) is 0. The Kier molecular flexibility index (Phi) is 3.48. The zero-order chi connectivity index (χ0) is 12.2. The first-order chi connectivity index (χ1) is 8.92. The van der Waals surface area contributed by atoms with E-state index in [0.29, 0.717) is 0 Å². The summed E-state index contributed by atoms with van der Waals surface area (Å²) in [4.78, 5) is 11.1. The van der Waals surface area contributed by atoms with E-state index in [2.05, 4.69) is 22.1 Å². The Morgan fingerprint density at radius 2 is 1.72 bits per heavy atom. The van der Waals surface area contributed by atoms with E-state index >= 15 is 0 Å². The fourth-order valence-corrected chi connectivity index (χ4v) is 3.79. The highest BCUT2D eigenvalue weighted by atomic mass is 33.1. The number of allylic oxidation sites excluding steroid dienone is 1. The Bertz CT molecular complexity index is 592. The smallest absolute Gasteiger partial charge is 0.0774 e. The van der Waals surface area contributed by atoms with E-state index in [1.165, 1.54) is 9.81 Å². The maximum atomic E-state index is 4.36. The number of rotatable bonds is 2. The van der Waals surface area contributed by atoms with Crippen LogP contribution in [0, 0.1) is 0 Å². The largest absolute Gasteiger partial charge is 0.257 e. The van der Waals surface area contributed by atoms with Gasteiger partial charge in [-0.15, -0.1) is 0 Å². The molecule has 0 N–H and O–H groups in total. The monoisotopic (exact) mass is 270 g/mol. The van der Waals surface area contributed by atoms with Crippen LogP contribution in [0.5, 0.6) is 0 Å². The first-order valence-electron chi connectivity index (χ1n) is 5.52. The highest BCUT2D eigenvalue weighted by Crippen LogP contribution is 2.49. The summed E-state index contributed by atoms with van der Waals surface area (Å²) < 4.78 is 0. The van der Waals surface area contributed by atoms with Gasteiger partial charge < -0.3 is 0 Å². The van der Waals surface area contributed by atoms with Gasteiger partial charge in [-0.25, -0.2) is 0 Å². The lowest BCUT2D eigenvalue weighted by Crippen LogP contribution is -1.81. The van der Waals surface area contributed by atoms with Crippen molar-refractivity contribution in [3.8, 4) is 0 Å². The van der Waals surface area contributed by atoms with Gasteiger partial charge >= 0.3 is 0 Å². The molecule has 0 radical (unpaired) electrons. The van der Waals surface area contributed by atoms with Gasteiger partial charge in [-0.3, -0.25) is 9.97 Å². The fraction of sp³-hybridized carbons (Fsp3) is 0. The van der Waals surface area contributed by atoms with Gasteiger partial charge in [0.1, 0.15) is 0 Å². The van der Waals surface area contributed by atoms with Crippen molar-refractivity contribution in [1.82, 2.24) is 9.97 Å². The van der Waals surface area contributed by atoms with Gasteiger partial charge in [0.15, 0.2) is 0 Å². The second-order valence-electron chi connectivity index (χ2n) is 3.69. The minimum absolute atomic E-state index is 0.985. The molecular formula is C14H10N2S2. The summed E-state index contributed by atoms with van der Waals surface area (Å²) in [6, 6.07) is 11.9. The van der Waals surface area contributed by atoms with Crippen LogP contribution < -0.4 is 0 Å². The molecule has 2 nitrogen and oxygen atoms in total. The van der Waals surface area contributed by atoms with Crippen LogP contribution in [0.4, 0.5) is 0 Å². The van der Waals surface area contributed by atoms with E-state index in [-0.39, 0.29) is 0 Å². The molecule has 0 bridgehead atoms. The molecule has 1 aliphatic heterocycles. The third-order valence-corrected chi connectivity index (χ3v) is 4.78. The van der Waals surface area contributed by atoms with Crippen molar-refractivity contribution in [2.75, 3.05) is 0 Å². The van der Waals surface area contributed by atoms with Gasteiger partial charge in [0.25, 0.3) is 0 Å². The number of nitrogens with zero attached hydrogens (tertiary/aromatic N) is 2. The SMILES string of the molecule is C1=C(c2ccccn2)SS/C1=C\c1ccccn1. The van der Waals surface area contributed by atoms with E-state index in [1.54, 1.807) is 21.6 Å². The van der Waals surface area contributed by atoms with Crippen molar-refractivity contribution in [2.24, 2.45) is 0 Å². The fourth-order valence-electron chi connectivity index (χ4n) is 1.57. The Hall–Kier alpha value is -1.52. The van der Waals surface area contributed by atoms with E-state index in [0.717, 1.165) is 11.4 Å². The number of hydrogen-bond acceptors (Lipinski definition) is 4. The van der Waals surface area contributed by atoms with Crippen molar-refractivity contribution in [3.05, 3.63) is 71.2 Å². The van der Waals surface area contributed by atoms with Crippen LogP contribution in [0.3, 0.4) is 0 Å². The van der Waals surface area contributed by atoms with Crippen LogP contribution in [0.1, 0.15) is 11.4 Å². The van der Waals surface area contributed by atoms with Crippen molar-refractivity contribution >= 4 is 32.6 Å². The Morgan fingerprint density at radius 1 is 0.889 bits per heavy atom. The summed E-state index contributed by atoms with van der Waals surface area (Å²) in [6.07, 6.45) is 7.88. The molecule has 0 saturated carbocycles. The lowest BCUT2D eigenvalue weighted by molar-refractivity contribution is 1.29. The van der Waals surface area contributed by atoms with Crippen molar-refractivity contribution in [3.63, 3.8) is 0 Å². The zero-order valence-electron chi connectivity index (χ0n) is 9.48. The molecule has 2 aromatic heterocycles. The van der Waals surface area contributed by atoms with E-state index in [9.17, 15) is 0 Å². The zero-order valence-corrected chi connectivity index (χ0v) is 11.1. The van der Waals surface area contributed by atoms with Gasteiger partial charge in [-0.1, -0.05) is 33.7 Å². The van der Waals surface area contributed by atoms with Gasteiger partial charge in [0, 0.05) is 22.2 Å². The highest BCUT2D eigenvalue weighted by molar-refractivity contribution is 8.82. The summed E-state index contributed by atoms with van der Waals surface area (Å²) >= 11 is 0. The molecule has 88 valence electrons. The Balaban J connectivity index is 1.86. The van der Waals surface area contributed by atoms with E-state index in [1.807, 2.05) is 48.8 Å². The molecule has 4 heteroatoms. The van der Waals surface area contributed by atoms with Crippen LogP contribution in [-0.2, 0) is 0 Å². The molecule has 3 rings (SSSR count). The van der Waals surface area contributed by atoms with Crippen molar-refractivity contribution < 1.29 is 0 Å². The molecule has 0 fully saturated rings. The highest BCUT2D eigenvalue weighted by Gasteiger charge is 2.13. The molecule has 1 aliphatic rings. The van der Waals surface area contributed by atoms with Crippen LogP contribution in [0.15, 0.2) is 59.8 Å². The van der Waals surface area contributed by atoms with Crippen molar-refractivity contribution in [1.29, 1.82) is 0 Å². The van der Waals surface area contributed by atoms with Gasteiger partial charge in [-0.2, -0.15) is 0 Å². The van der Waals surface area contributed by atoms with Gasteiger partial charge in [-0.05, 0) is 36.4 Å². The molecule has 0 atom stereocenters. The molecule has 0 amide bonds. The lowest BCUT2D eigenvalue weighted by atomic mass is 10.3. The third kappa shape index (κ3) is 2.66. The normalized spacial score (nSPS) is 16.9. The third-order valence-electron chi connectivity index (χ3n) is 2.40. The molecule has 0 unspecified atom stereocenters. The predicted octanol–water partition coefficient (Wildman–Crippen LogP) is 4.25. The quantitative estimate of drug-likeness (QED) is 0.762. The van der Waals surface area contributed by atoms with Gasteiger partial charge in [0.2, 0.25) is 0 Å². The minimum Gasteiger partial charge on any atom is -0.257 e. The number of aromatic nitrogens is 2. The molecular weight excluding hydrogens is 260 g/mol. The van der Waals surface area contributed by atoms with Crippen LogP contribution >= 0.6 is 21.6 Å². The Morgan fingerprint density at radius 3 is 2.44 bits per heavy atom. The summed E-state index contributed by atoms with van der Waals surface area (Å²) in [7, 11) is 3.49. The predicted molar refractivity (Wildman–Crippen MR) is 79.6 cm³/mol. The molecule has 0 aliphatic carbocycles. The molecule has 0 saturated heterocycles. The van der Waals surface area contributed by atoms with E-state index in [4.69, 9.17) is 0 Å². The molecule has 0 aromatic carbocycles. The van der Waals surface area contributed by atoms with Crippen molar-refractivity contribution in [2.45, 2.75) is 0 Å². The molecule has 2 aromatic rings. The maximum absolute atomic E-state index is 4.36. The van der Waals surface area contributed by atoms with Crippen LogP contribution in [-0.4, -0.2) is 9.97 Å². The summed E-state index contributed by atoms with van der Waals surface area (Å²) in [5, 5.41) is 0. The topological polar surface area (TPSA) is 25.8 Å². The summed E-state index contributed by atoms with van der Waals surface area (Å²) in [5.74, 6) is 0. The molecule has 3 heterocycles.